The molecule has 1 aliphatic heterocycles. The number of nitrogens with two attached hydrogens (primary N) is 1. The van der Waals surface area contributed by atoms with Crippen LogP contribution in [0.3, 0.4) is 0 Å². The summed E-state index contributed by atoms with van der Waals surface area (Å²) in [6.45, 7) is 14.2. The first-order valence-electron chi connectivity index (χ1n) is 8.29. The highest BCUT2D eigenvalue weighted by molar-refractivity contribution is 5.04. The third-order valence-corrected chi connectivity index (χ3v) is 6.31. The van der Waals surface area contributed by atoms with E-state index in [9.17, 15) is 0 Å². The minimum atomic E-state index is 0.267. The summed E-state index contributed by atoms with van der Waals surface area (Å²) < 4.78 is 0. The molecule has 19 heavy (non-hydrogen) atoms. The fraction of sp³-hybridized carbons (Fsp3) is 1.00. The van der Waals surface area contributed by atoms with Crippen LogP contribution in [0.5, 0.6) is 0 Å². The summed E-state index contributed by atoms with van der Waals surface area (Å²) in [4.78, 5) is 2.79. The van der Waals surface area contributed by atoms with Gasteiger partial charge in [-0.1, -0.05) is 27.7 Å². The van der Waals surface area contributed by atoms with Crippen LogP contribution in [0.25, 0.3) is 0 Å². The van der Waals surface area contributed by atoms with Gasteiger partial charge in [0.25, 0.3) is 0 Å². The van der Waals surface area contributed by atoms with Crippen molar-refractivity contribution in [3.05, 3.63) is 0 Å². The predicted molar refractivity (Wildman–Crippen MR) is 83.1 cm³/mol. The normalized spacial score (nSPS) is 44.2. The molecule has 1 aliphatic carbocycles. The summed E-state index contributed by atoms with van der Waals surface area (Å²) in [5.74, 6) is 1.54. The summed E-state index contributed by atoms with van der Waals surface area (Å²) >= 11 is 0. The Morgan fingerprint density at radius 3 is 2.42 bits per heavy atom. The number of nitrogens with zero attached hydrogens (tertiary/aromatic N) is 1. The summed E-state index contributed by atoms with van der Waals surface area (Å²) in [6, 6.07) is 0.695. The zero-order chi connectivity index (χ0) is 14.3. The van der Waals surface area contributed by atoms with Gasteiger partial charge in [-0.05, 0) is 62.8 Å². The van der Waals surface area contributed by atoms with Crippen LogP contribution in [0.2, 0.25) is 0 Å². The summed E-state index contributed by atoms with van der Waals surface area (Å²) in [5.41, 5.74) is 7.08. The van der Waals surface area contributed by atoms with Crippen LogP contribution in [0, 0.1) is 17.3 Å². The van der Waals surface area contributed by atoms with Crippen molar-refractivity contribution in [1.29, 1.82) is 0 Å². The van der Waals surface area contributed by atoms with E-state index in [4.69, 9.17) is 5.73 Å². The molecule has 0 aromatic heterocycles. The van der Waals surface area contributed by atoms with Crippen LogP contribution in [0.4, 0.5) is 0 Å². The van der Waals surface area contributed by atoms with Gasteiger partial charge in [0.15, 0.2) is 0 Å². The van der Waals surface area contributed by atoms with E-state index in [1.165, 1.54) is 38.6 Å². The van der Waals surface area contributed by atoms with E-state index in [2.05, 4.69) is 39.5 Å². The molecule has 2 heteroatoms. The average Bonchev–Trinajstić information content (AvgIpc) is 2.33. The standard InChI is InChI=1S/C17H34N2/c1-13-7-6-10-19(15(13)3)17(12-18)9-8-16(4,5)11-14(17)2/h13-15H,6-12,18H2,1-5H3. The predicted octanol–water partition coefficient (Wildman–Crippen LogP) is 3.65. The van der Waals surface area contributed by atoms with E-state index in [1.807, 2.05) is 0 Å². The monoisotopic (exact) mass is 266 g/mol. The largest absolute Gasteiger partial charge is 0.329 e. The van der Waals surface area contributed by atoms with Crippen LogP contribution >= 0.6 is 0 Å². The minimum absolute atomic E-state index is 0.267. The molecule has 0 aromatic rings. The molecule has 112 valence electrons. The Morgan fingerprint density at radius 2 is 1.84 bits per heavy atom. The number of hydrogen-bond acceptors (Lipinski definition) is 2. The molecular formula is C17H34N2. The highest BCUT2D eigenvalue weighted by Crippen LogP contribution is 2.48. The lowest BCUT2D eigenvalue weighted by molar-refractivity contribution is -0.0686. The second-order valence-electron chi connectivity index (χ2n) is 8.13. The Morgan fingerprint density at radius 1 is 1.16 bits per heavy atom. The lowest BCUT2D eigenvalue weighted by Gasteiger charge is -2.57. The van der Waals surface area contributed by atoms with Crippen molar-refractivity contribution in [3.63, 3.8) is 0 Å². The van der Waals surface area contributed by atoms with Crippen molar-refractivity contribution < 1.29 is 0 Å². The van der Waals surface area contributed by atoms with Gasteiger partial charge in [-0.2, -0.15) is 0 Å². The van der Waals surface area contributed by atoms with E-state index in [-0.39, 0.29) is 5.54 Å². The van der Waals surface area contributed by atoms with Crippen LogP contribution in [-0.4, -0.2) is 29.6 Å². The van der Waals surface area contributed by atoms with E-state index in [1.54, 1.807) is 0 Å². The summed E-state index contributed by atoms with van der Waals surface area (Å²) in [7, 11) is 0. The Labute approximate surface area is 120 Å². The van der Waals surface area contributed by atoms with E-state index >= 15 is 0 Å². The first kappa shape index (κ1) is 15.3. The Bertz CT molecular complexity index is 312. The third kappa shape index (κ3) is 2.71. The van der Waals surface area contributed by atoms with Gasteiger partial charge < -0.3 is 5.73 Å². The quantitative estimate of drug-likeness (QED) is 0.826. The van der Waals surface area contributed by atoms with Gasteiger partial charge in [0, 0.05) is 18.1 Å². The molecule has 0 amide bonds. The van der Waals surface area contributed by atoms with Crippen molar-refractivity contribution in [2.45, 2.75) is 78.3 Å². The van der Waals surface area contributed by atoms with Crippen molar-refractivity contribution >= 4 is 0 Å². The molecule has 0 bridgehead atoms. The Balaban J connectivity index is 2.22. The summed E-state index contributed by atoms with van der Waals surface area (Å²) in [6.07, 6.45) is 6.67. The van der Waals surface area contributed by atoms with Crippen molar-refractivity contribution in [1.82, 2.24) is 4.90 Å². The van der Waals surface area contributed by atoms with Gasteiger partial charge in [0.1, 0.15) is 0 Å². The van der Waals surface area contributed by atoms with E-state index in [0.717, 1.165) is 12.5 Å². The SMILES string of the molecule is CC1CCCN(C2(CN)CCC(C)(C)CC2C)C1C. The molecule has 1 saturated carbocycles. The number of likely N-dealkylation sites (tertiary alicyclic amines) is 1. The highest BCUT2D eigenvalue weighted by Gasteiger charge is 2.49. The average molecular weight is 266 g/mol. The molecular weight excluding hydrogens is 232 g/mol. The van der Waals surface area contributed by atoms with Gasteiger partial charge in [-0.15, -0.1) is 0 Å². The van der Waals surface area contributed by atoms with E-state index < -0.39 is 0 Å². The molecule has 2 fully saturated rings. The van der Waals surface area contributed by atoms with E-state index in [0.29, 0.717) is 17.4 Å². The maximum Gasteiger partial charge on any atom is 0.0360 e. The third-order valence-electron chi connectivity index (χ3n) is 6.31. The molecule has 4 unspecified atom stereocenters. The number of rotatable bonds is 2. The van der Waals surface area contributed by atoms with Crippen molar-refractivity contribution in [3.8, 4) is 0 Å². The Kier molecular flexibility index (Phi) is 4.32. The second-order valence-corrected chi connectivity index (χ2v) is 8.13. The maximum absolute atomic E-state index is 6.31. The fourth-order valence-electron chi connectivity index (χ4n) is 4.73. The molecule has 1 saturated heterocycles. The zero-order valence-corrected chi connectivity index (χ0v) is 13.7. The van der Waals surface area contributed by atoms with Crippen LogP contribution in [0.1, 0.15) is 66.7 Å². The first-order valence-corrected chi connectivity index (χ1v) is 8.29. The van der Waals surface area contributed by atoms with Crippen LogP contribution in [0.15, 0.2) is 0 Å². The number of hydrogen-bond donors (Lipinski definition) is 1. The van der Waals surface area contributed by atoms with Crippen molar-refractivity contribution in [2.24, 2.45) is 23.0 Å². The Hall–Kier alpha value is -0.0800. The molecule has 4 atom stereocenters. The lowest BCUT2D eigenvalue weighted by atomic mass is 9.62. The fourth-order valence-corrected chi connectivity index (χ4v) is 4.73. The molecule has 0 aromatic carbocycles. The zero-order valence-electron chi connectivity index (χ0n) is 13.7. The van der Waals surface area contributed by atoms with Crippen LogP contribution < -0.4 is 5.73 Å². The molecule has 2 nitrogen and oxygen atoms in total. The minimum Gasteiger partial charge on any atom is -0.329 e. The van der Waals surface area contributed by atoms with Gasteiger partial charge in [0.05, 0.1) is 0 Å². The molecule has 2 aliphatic rings. The number of piperidine rings is 1. The molecule has 0 radical (unpaired) electrons. The molecule has 0 spiro atoms. The van der Waals surface area contributed by atoms with Gasteiger partial charge in [-0.25, -0.2) is 0 Å². The maximum atomic E-state index is 6.31. The molecule has 2 rings (SSSR count). The van der Waals surface area contributed by atoms with Gasteiger partial charge >= 0.3 is 0 Å². The van der Waals surface area contributed by atoms with Crippen molar-refractivity contribution in [2.75, 3.05) is 13.1 Å². The topological polar surface area (TPSA) is 29.3 Å². The highest BCUT2D eigenvalue weighted by atomic mass is 15.2. The molecule has 1 heterocycles. The lowest BCUT2D eigenvalue weighted by Crippen LogP contribution is -2.65. The second kappa shape index (κ2) is 5.37. The van der Waals surface area contributed by atoms with Crippen LogP contribution in [-0.2, 0) is 0 Å². The van der Waals surface area contributed by atoms with Gasteiger partial charge in [0.2, 0.25) is 0 Å². The summed E-state index contributed by atoms with van der Waals surface area (Å²) in [5, 5.41) is 0. The first-order chi connectivity index (χ1) is 8.82. The molecule has 2 N–H and O–H groups in total. The van der Waals surface area contributed by atoms with Gasteiger partial charge in [-0.3, -0.25) is 4.90 Å². The smallest absolute Gasteiger partial charge is 0.0360 e.